The Kier molecular flexibility index (Phi) is 6.80. The van der Waals surface area contributed by atoms with Crippen LogP contribution < -0.4 is 4.72 Å². The summed E-state index contributed by atoms with van der Waals surface area (Å²) in [5.74, 6) is -3.45. The zero-order valence-corrected chi connectivity index (χ0v) is 18.0. The van der Waals surface area contributed by atoms with E-state index < -0.39 is 38.9 Å². The third kappa shape index (κ3) is 5.42. The van der Waals surface area contributed by atoms with Gasteiger partial charge in [-0.2, -0.15) is 0 Å². The highest BCUT2D eigenvalue weighted by Crippen LogP contribution is 2.25. The highest BCUT2D eigenvalue weighted by Gasteiger charge is 2.20. The Balaban J connectivity index is 1.78. The third-order valence-corrected chi connectivity index (χ3v) is 5.90. The summed E-state index contributed by atoms with van der Waals surface area (Å²) in [5.41, 5.74) is -0.234. The van der Waals surface area contributed by atoms with Crippen molar-refractivity contribution < 1.29 is 27.1 Å². The minimum absolute atomic E-state index is 0.188. The predicted molar refractivity (Wildman–Crippen MR) is 114 cm³/mol. The number of sulfonamides is 1. The molecule has 0 unspecified atom stereocenters. The molecule has 0 aliphatic heterocycles. The fourth-order valence-electron chi connectivity index (χ4n) is 2.78. The van der Waals surface area contributed by atoms with Crippen LogP contribution in [-0.4, -0.2) is 55.0 Å². The second-order valence-electron chi connectivity index (χ2n) is 7.19. The molecule has 3 aromatic rings. The van der Waals surface area contributed by atoms with Gasteiger partial charge in [-0.3, -0.25) is 4.72 Å². The van der Waals surface area contributed by atoms with E-state index in [0.29, 0.717) is 35.5 Å². The van der Waals surface area contributed by atoms with Crippen molar-refractivity contribution in [1.29, 1.82) is 0 Å². The monoisotopic (exact) mass is 462 g/mol. The molecule has 1 aromatic heterocycles. The molecular formula is C21H20F2N4O4S. The van der Waals surface area contributed by atoms with Crippen LogP contribution in [0.4, 0.5) is 14.5 Å². The van der Waals surface area contributed by atoms with Gasteiger partial charge in [-0.15, -0.1) is 0 Å². The summed E-state index contributed by atoms with van der Waals surface area (Å²) in [7, 11) is -0.341. The van der Waals surface area contributed by atoms with Crippen LogP contribution in [0.1, 0.15) is 16.2 Å². The van der Waals surface area contributed by atoms with Gasteiger partial charge in [-0.1, -0.05) is 12.1 Å². The molecule has 0 aliphatic rings. The summed E-state index contributed by atoms with van der Waals surface area (Å²) in [6, 6.07) is 6.59. The molecule has 0 aliphatic carbocycles. The van der Waals surface area contributed by atoms with Crippen molar-refractivity contribution in [3.8, 4) is 11.1 Å². The number of rotatable bonds is 8. The number of anilines is 1. The lowest BCUT2D eigenvalue weighted by molar-refractivity contribution is 0.0691. The molecule has 1 heterocycles. The Hall–Kier alpha value is -3.44. The Labute approximate surface area is 183 Å². The topological polar surface area (TPSA) is 112 Å². The molecule has 0 amide bonds. The van der Waals surface area contributed by atoms with Gasteiger partial charge in [0.15, 0.2) is 0 Å². The number of likely N-dealkylation sites (N-methyl/N-ethyl adjacent to an activating group) is 1. The molecule has 32 heavy (non-hydrogen) atoms. The van der Waals surface area contributed by atoms with Crippen LogP contribution in [0, 0.1) is 11.6 Å². The van der Waals surface area contributed by atoms with Crippen LogP contribution >= 0.6 is 0 Å². The molecule has 0 atom stereocenters. The Morgan fingerprint density at radius 2 is 1.66 bits per heavy atom. The van der Waals surface area contributed by atoms with Gasteiger partial charge in [-0.25, -0.2) is 32.0 Å². The number of nitrogens with one attached hydrogen (secondary N) is 1. The van der Waals surface area contributed by atoms with Crippen LogP contribution in [0.2, 0.25) is 0 Å². The first-order chi connectivity index (χ1) is 15.1. The average Bonchev–Trinajstić information content (AvgIpc) is 2.74. The molecule has 0 radical (unpaired) electrons. The number of hydrogen-bond donors (Lipinski definition) is 2. The maximum atomic E-state index is 14.1. The minimum atomic E-state index is -4.25. The van der Waals surface area contributed by atoms with Gasteiger partial charge >= 0.3 is 5.97 Å². The SMILES string of the molecule is CN(C)CCc1ncc(-c2ccc(S(=O)(=O)Nc3cc(F)c(C(=O)O)cc3F)cc2)cn1. The first-order valence-corrected chi connectivity index (χ1v) is 10.9. The zero-order valence-electron chi connectivity index (χ0n) is 17.2. The fourth-order valence-corrected chi connectivity index (χ4v) is 3.83. The second kappa shape index (κ2) is 9.37. The Morgan fingerprint density at radius 1 is 1.03 bits per heavy atom. The zero-order chi connectivity index (χ0) is 23.5. The van der Waals surface area contributed by atoms with Crippen LogP contribution in [0.15, 0.2) is 53.7 Å². The Bertz CT molecular complexity index is 1230. The molecule has 8 nitrogen and oxygen atoms in total. The molecule has 11 heteroatoms. The minimum Gasteiger partial charge on any atom is -0.478 e. The quantitative estimate of drug-likeness (QED) is 0.529. The van der Waals surface area contributed by atoms with E-state index in [9.17, 15) is 22.0 Å². The van der Waals surface area contributed by atoms with Crippen LogP contribution in [-0.2, 0) is 16.4 Å². The largest absolute Gasteiger partial charge is 0.478 e. The van der Waals surface area contributed by atoms with Gasteiger partial charge in [0.2, 0.25) is 0 Å². The number of carboxylic acid groups (broad SMARTS) is 1. The van der Waals surface area contributed by atoms with Crippen molar-refractivity contribution in [2.75, 3.05) is 25.4 Å². The molecule has 168 valence electrons. The lowest BCUT2D eigenvalue weighted by atomic mass is 10.1. The van der Waals surface area contributed by atoms with Crippen LogP contribution in [0.5, 0.6) is 0 Å². The summed E-state index contributed by atoms with van der Waals surface area (Å²) in [6.07, 6.45) is 3.98. The van der Waals surface area contributed by atoms with E-state index in [2.05, 4.69) is 9.97 Å². The van der Waals surface area contributed by atoms with E-state index in [4.69, 9.17) is 5.11 Å². The van der Waals surface area contributed by atoms with Gasteiger partial charge in [0, 0.05) is 37.0 Å². The van der Waals surface area contributed by atoms with E-state index in [-0.39, 0.29) is 4.90 Å². The first kappa shape index (κ1) is 23.2. The summed E-state index contributed by atoms with van der Waals surface area (Å²) >= 11 is 0. The number of carboxylic acids is 1. The van der Waals surface area contributed by atoms with E-state index in [1.54, 1.807) is 12.4 Å². The van der Waals surface area contributed by atoms with E-state index >= 15 is 0 Å². The van der Waals surface area contributed by atoms with Gasteiger partial charge in [0.25, 0.3) is 10.0 Å². The number of benzene rings is 2. The molecule has 2 aromatic carbocycles. The Morgan fingerprint density at radius 3 is 2.22 bits per heavy atom. The lowest BCUT2D eigenvalue weighted by Crippen LogP contribution is -2.16. The smallest absolute Gasteiger partial charge is 0.338 e. The second-order valence-corrected chi connectivity index (χ2v) is 8.87. The summed E-state index contributed by atoms with van der Waals surface area (Å²) in [6.45, 7) is 0.808. The van der Waals surface area contributed by atoms with Crippen molar-refractivity contribution in [2.45, 2.75) is 11.3 Å². The molecule has 0 bridgehead atoms. The molecule has 0 saturated carbocycles. The maximum absolute atomic E-state index is 14.1. The van der Waals surface area contributed by atoms with Crippen molar-refractivity contribution in [3.05, 3.63) is 71.8 Å². The van der Waals surface area contributed by atoms with Gasteiger partial charge in [-0.05, 0) is 37.9 Å². The van der Waals surface area contributed by atoms with Crippen LogP contribution in [0.25, 0.3) is 11.1 Å². The van der Waals surface area contributed by atoms with Gasteiger partial charge < -0.3 is 10.0 Å². The standard InChI is InChI=1S/C21H20F2N4O4S/c1-27(2)8-7-20-24-11-14(12-25-20)13-3-5-15(6-4-13)32(30,31)26-19-10-17(22)16(21(28)29)9-18(19)23/h3-6,9-12,26H,7-8H2,1-2H3,(H,28,29). The summed E-state index contributed by atoms with van der Waals surface area (Å²) < 4.78 is 55.0. The number of aromatic carboxylic acids is 1. The van der Waals surface area contributed by atoms with Gasteiger partial charge in [0.05, 0.1) is 16.1 Å². The summed E-state index contributed by atoms with van der Waals surface area (Å²) in [4.78, 5) is 21.3. The van der Waals surface area contributed by atoms with E-state index in [0.717, 1.165) is 6.54 Å². The van der Waals surface area contributed by atoms with Crippen LogP contribution in [0.3, 0.4) is 0 Å². The lowest BCUT2D eigenvalue weighted by Gasteiger charge is -2.11. The third-order valence-electron chi connectivity index (χ3n) is 4.52. The number of hydrogen-bond acceptors (Lipinski definition) is 6. The highest BCUT2D eigenvalue weighted by molar-refractivity contribution is 7.92. The molecule has 0 spiro atoms. The molecule has 0 saturated heterocycles. The highest BCUT2D eigenvalue weighted by atomic mass is 32.2. The fraction of sp³-hybridized carbons (Fsp3) is 0.190. The number of nitrogens with zero attached hydrogens (tertiary/aromatic N) is 3. The summed E-state index contributed by atoms with van der Waals surface area (Å²) in [5, 5.41) is 8.82. The molecule has 3 rings (SSSR count). The predicted octanol–water partition coefficient (Wildman–Crippen LogP) is 3.02. The van der Waals surface area contributed by atoms with E-state index in [1.165, 1.54) is 24.3 Å². The molecular weight excluding hydrogens is 442 g/mol. The number of aromatic nitrogens is 2. The average molecular weight is 462 g/mol. The van der Waals surface area contributed by atoms with Crippen molar-refractivity contribution in [1.82, 2.24) is 14.9 Å². The van der Waals surface area contributed by atoms with Crippen molar-refractivity contribution >= 4 is 21.7 Å². The van der Waals surface area contributed by atoms with Crippen molar-refractivity contribution in [2.24, 2.45) is 0 Å². The molecule has 0 fully saturated rings. The van der Waals surface area contributed by atoms with Crippen molar-refractivity contribution in [3.63, 3.8) is 0 Å². The number of carbonyl (C=O) groups is 1. The van der Waals surface area contributed by atoms with Gasteiger partial charge in [0.1, 0.15) is 17.5 Å². The first-order valence-electron chi connectivity index (χ1n) is 9.38. The normalized spacial score (nSPS) is 11.5. The maximum Gasteiger partial charge on any atom is 0.338 e. The molecule has 2 N–H and O–H groups in total. The number of halogens is 2. The van der Waals surface area contributed by atoms with E-state index in [1.807, 2.05) is 23.7 Å².